The van der Waals surface area contributed by atoms with E-state index in [0.717, 1.165) is 24.2 Å². The van der Waals surface area contributed by atoms with Crippen LogP contribution >= 0.6 is 0 Å². The zero-order valence-corrected chi connectivity index (χ0v) is 19.5. The predicted octanol–water partition coefficient (Wildman–Crippen LogP) is 6.57. The van der Waals surface area contributed by atoms with Crippen molar-refractivity contribution >= 4 is 5.78 Å². The molecule has 0 unspecified atom stereocenters. The zero-order valence-electron chi connectivity index (χ0n) is 19.5. The Morgan fingerprint density at radius 2 is 1.86 bits per heavy atom. The topological polar surface area (TPSA) is 37.3 Å². The third kappa shape index (κ3) is 3.56. The van der Waals surface area contributed by atoms with Crippen molar-refractivity contribution < 1.29 is 9.90 Å². The van der Waals surface area contributed by atoms with Gasteiger partial charge in [-0.2, -0.15) is 0 Å². The molecule has 4 rings (SSSR count). The minimum atomic E-state index is -0.202. The first kappa shape index (κ1) is 21.6. The highest BCUT2D eigenvalue weighted by molar-refractivity contribution is 5.82. The summed E-state index contributed by atoms with van der Waals surface area (Å²) in [5, 5.41) is 11.3. The van der Waals surface area contributed by atoms with E-state index >= 15 is 0 Å². The summed E-state index contributed by atoms with van der Waals surface area (Å²) < 4.78 is 0. The predicted molar refractivity (Wildman–Crippen MR) is 119 cm³/mol. The van der Waals surface area contributed by atoms with Crippen LogP contribution < -0.4 is 0 Å². The van der Waals surface area contributed by atoms with Gasteiger partial charge in [0.25, 0.3) is 0 Å². The molecule has 164 valence electrons. The highest BCUT2D eigenvalue weighted by Crippen LogP contribution is 2.67. The molecule has 3 saturated carbocycles. The van der Waals surface area contributed by atoms with Gasteiger partial charge < -0.3 is 5.11 Å². The van der Waals surface area contributed by atoms with E-state index < -0.39 is 0 Å². The highest BCUT2D eigenvalue weighted by Gasteiger charge is 2.61. The molecule has 4 aliphatic rings. The maximum absolute atomic E-state index is 12.4. The summed E-state index contributed by atoms with van der Waals surface area (Å²) in [6.07, 6.45) is 13.3. The van der Waals surface area contributed by atoms with Crippen LogP contribution in [0.4, 0.5) is 0 Å². The second-order valence-electron chi connectivity index (χ2n) is 12.2. The van der Waals surface area contributed by atoms with Crippen molar-refractivity contribution in [1.29, 1.82) is 0 Å². The van der Waals surface area contributed by atoms with Crippen molar-refractivity contribution in [2.75, 3.05) is 0 Å². The third-order valence-corrected chi connectivity index (χ3v) is 10.1. The summed E-state index contributed by atoms with van der Waals surface area (Å²) in [5.74, 6) is 4.36. The van der Waals surface area contributed by atoms with Crippen LogP contribution in [0.2, 0.25) is 0 Å². The van der Waals surface area contributed by atoms with Gasteiger partial charge >= 0.3 is 0 Å². The van der Waals surface area contributed by atoms with Crippen LogP contribution in [0, 0.1) is 46.3 Å². The average molecular weight is 401 g/mol. The van der Waals surface area contributed by atoms with Crippen LogP contribution in [0.1, 0.15) is 98.8 Å². The van der Waals surface area contributed by atoms with Gasteiger partial charge in [-0.05, 0) is 78.4 Å². The maximum atomic E-state index is 12.4. The van der Waals surface area contributed by atoms with E-state index in [1.54, 1.807) is 0 Å². The quantitative estimate of drug-likeness (QED) is 0.530. The Morgan fingerprint density at radius 1 is 1.10 bits per heavy atom. The monoisotopic (exact) mass is 400 g/mol. The van der Waals surface area contributed by atoms with Gasteiger partial charge in [0.05, 0.1) is 6.10 Å². The number of ketones is 1. The van der Waals surface area contributed by atoms with Gasteiger partial charge in [-0.3, -0.25) is 4.79 Å². The first-order valence-electron chi connectivity index (χ1n) is 12.6. The number of aliphatic hydroxyl groups excluding tert-OH is 1. The van der Waals surface area contributed by atoms with Crippen LogP contribution in [0.15, 0.2) is 11.6 Å². The molecule has 2 heteroatoms. The van der Waals surface area contributed by atoms with Crippen LogP contribution in [0.3, 0.4) is 0 Å². The van der Waals surface area contributed by atoms with Gasteiger partial charge in [-0.25, -0.2) is 0 Å². The molecular weight excluding hydrogens is 356 g/mol. The number of rotatable bonds is 5. The molecule has 0 saturated heterocycles. The van der Waals surface area contributed by atoms with Crippen LogP contribution in [0.25, 0.3) is 0 Å². The summed E-state index contributed by atoms with van der Waals surface area (Å²) >= 11 is 0. The first-order valence-corrected chi connectivity index (χ1v) is 12.6. The lowest BCUT2D eigenvalue weighted by molar-refractivity contribution is -0.132. The number of carbonyl (C=O) groups excluding carboxylic acids is 1. The van der Waals surface area contributed by atoms with E-state index in [1.165, 1.54) is 50.5 Å². The lowest BCUT2D eigenvalue weighted by Crippen LogP contribution is -2.56. The Balaban J connectivity index is 1.54. The number of Topliss-reactive ketones (excluding diaryl/α,β-unsaturated/α-hetero) is 1. The Labute approximate surface area is 178 Å². The molecule has 0 aromatic rings. The van der Waals surface area contributed by atoms with Crippen molar-refractivity contribution in [3.05, 3.63) is 11.6 Å². The molecular formula is C27H44O2. The highest BCUT2D eigenvalue weighted by atomic mass is 16.3. The Bertz CT molecular complexity index is 663. The number of fused-ring (bicyclic) bond motifs is 5. The molecule has 0 aliphatic heterocycles. The second-order valence-corrected chi connectivity index (χ2v) is 12.2. The van der Waals surface area contributed by atoms with Gasteiger partial charge in [0.2, 0.25) is 0 Å². The van der Waals surface area contributed by atoms with E-state index in [-0.39, 0.29) is 11.5 Å². The molecule has 8 atom stereocenters. The van der Waals surface area contributed by atoms with Crippen LogP contribution in [-0.2, 0) is 4.79 Å². The summed E-state index contributed by atoms with van der Waals surface area (Å²) in [5.41, 5.74) is 1.79. The normalized spacial score (nSPS) is 45.4. The van der Waals surface area contributed by atoms with Crippen LogP contribution in [0.5, 0.6) is 0 Å². The van der Waals surface area contributed by atoms with Gasteiger partial charge in [0, 0.05) is 12.8 Å². The molecule has 0 aromatic heterocycles. The minimum Gasteiger partial charge on any atom is -0.392 e. The SMILES string of the molecule is CC(C)CCC[C@@H](C)[C@H]1CC[C@H]2[C@@H]3[C@H](O)CC4=CCC(=O)C[C@]4(C)[C@H]3CC[C@]12C. The number of allylic oxidation sites excluding steroid dienone is 1. The molecule has 0 spiro atoms. The Hall–Kier alpha value is -0.630. The van der Waals surface area contributed by atoms with Gasteiger partial charge in [-0.1, -0.05) is 65.5 Å². The fourth-order valence-electron chi connectivity index (χ4n) is 8.61. The fourth-order valence-corrected chi connectivity index (χ4v) is 8.61. The van der Waals surface area contributed by atoms with E-state index in [4.69, 9.17) is 0 Å². The van der Waals surface area contributed by atoms with E-state index in [1.807, 2.05) is 0 Å². The molecule has 0 heterocycles. The van der Waals surface area contributed by atoms with Crippen molar-refractivity contribution in [3.8, 4) is 0 Å². The van der Waals surface area contributed by atoms with Crippen molar-refractivity contribution in [1.82, 2.24) is 0 Å². The standard InChI is InChI=1S/C27H44O2/c1-17(2)7-6-8-18(3)21-11-12-22-25-23(13-14-26(21,22)4)27(5)16-20(28)10-9-19(27)15-24(25)29/h9,17-18,21-25,29H,6-8,10-16H2,1-5H3/t18-,21-,22+,23+,24-,25+,26-,27+/m1/s1. The minimum absolute atomic E-state index is 0.0154. The van der Waals surface area contributed by atoms with Crippen molar-refractivity contribution in [2.24, 2.45) is 46.3 Å². The molecule has 2 nitrogen and oxygen atoms in total. The van der Waals surface area contributed by atoms with Crippen molar-refractivity contribution in [3.63, 3.8) is 0 Å². The third-order valence-electron chi connectivity index (χ3n) is 10.1. The molecule has 4 aliphatic carbocycles. The maximum Gasteiger partial charge on any atom is 0.137 e. The molecule has 0 bridgehead atoms. The lowest BCUT2D eigenvalue weighted by Gasteiger charge is -2.59. The summed E-state index contributed by atoms with van der Waals surface area (Å²) in [6, 6.07) is 0. The van der Waals surface area contributed by atoms with Gasteiger partial charge in [0.15, 0.2) is 0 Å². The van der Waals surface area contributed by atoms with Crippen LogP contribution in [-0.4, -0.2) is 17.0 Å². The summed E-state index contributed by atoms with van der Waals surface area (Å²) in [7, 11) is 0. The lowest BCUT2D eigenvalue weighted by atomic mass is 9.45. The second kappa shape index (κ2) is 7.81. The van der Waals surface area contributed by atoms with Gasteiger partial charge in [-0.15, -0.1) is 0 Å². The molecule has 1 N–H and O–H groups in total. The first-order chi connectivity index (χ1) is 13.7. The average Bonchev–Trinajstić information content (AvgIpc) is 2.99. The van der Waals surface area contributed by atoms with E-state index in [0.29, 0.717) is 41.8 Å². The fraction of sp³-hybridized carbons (Fsp3) is 0.889. The number of hydrogen-bond acceptors (Lipinski definition) is 2. The Kier molecular flexibility index (Phi) is 5.82. The number of hydrogen-bond donors (Lipinski definition) is 1. The number of carbonyl (C=O) groups is 1. The molecule has 0 amide bonds. The Morgan fingerprint density at radius 3 is 2.59 bits per heavy atom. The molecule has 0 radical (unpaired) electrons. The molecule has 29 heavy (non-hydrogen) atoms. The summed E-state index contributed by atoms with van der Waals surface area (Å²) in [4.78, 5) is 12.4. The number of aliphatic hydroxyl groups is 1. The van der Waals surface area contributed by atoms with E-state index in [9.17, 15) is 9.90 Å². The summed E-state index contributed by atoms with van der Waals surface area (Å²) in [6.45, 7) is 12.1. The smallest absolute Gasteiger partial charge is 0.137 e. The van der Waals surface area contributed by atoms with E-state index in [2.05, 4.69) is 40.7 Å². The zero-order chi connectivity index (χ0) is 21.0. The van der Waals surface area contributed by atoms with Gasteiger partial charge in [0.1, 0.15) is 5.78 Å². The molecule has 3 fully saturated rings. The van der Waals surface area contributed by atoms with Crippen molar-refractivity contribution in [2.45, 2.75) is 105 Å². The molecule has 0 aromatic carbocycles. The largest absolute Gasteiger partial charge is 0.392 e.